The smallest absolute Gasteiger partial charge is 0.426 e. The predicted molar refractivity (Wildman–Crippen MR) is 89.4 cm³/mol. The lowest BCUT2D eigenvalue weighted by Crippen LogP contribution is -2.41. The molecular formula is C18H13F6N3O2. The van der Waals surface area contributed by atoms with Crippen molar-refractivity contribution < 1.29 is 36.2 Å². The number of nitrogens with zero attached hydrogens (tertiary/aromatic N) is 3. The van der Waals surface area contributed by atoms with Crippen molar-refractivity contribution in [2.24, 2.45) is 0 Å². The second-order valence-corrected chi connectivity index (χ2v) is 5.90. The van der Waals surface area contributed by atoms with E-state index in [1.165, 1.54) is 35.3 Å². The Hall–Kier alpha value is -3.08. The lowest BCUT2D eigenvalue weighted by Gasteiger charge is -2.20. The first-order chi connectivity index (χ1) is 13.6. The normalized spacial score (nSPS) is 13.3. The first-order valence-electron chi connectivity index (χ1n) is 8.11. The highest BCUT2D eigenvalue weighted by Gasteiger charge is 2.61. The Balaban J connectivity index is 1.75. The number of hydrogen-bond donors (Lipinski definition) is 1. The number of rotatable bonds is 6. The van der Waals surface area contributed by atoms with E-state index in [1.807, 2.05) is 0 Å². The largest absolute Gasteiger partial charge is 0.499 e. The first-order valence-corrected chi connectivity index (χ1v) is 8.11. The minimum absolute atomic E-state index is 0.278. The summed E-state index contributed by atoms with van der Waals surface area (Å²) in [4.78, 5) is 4.08. The quantitative estimate of drug-likeness (QED) is 0.602. The van der Waals surface area contributed by atoms with Gasteiger partial charge in [0.25, 0.3) is 0 Å². The molecule has 1 atom stereocenters. The van der Waals surface area contributed by atoms with Crippen LogP contribution in [-0.4, -0.2) is 38.8 Å². The molecule has 0 radical (unpaired) electrons. The molecule has 3 rings (SSSR count). The number of aliphatic hydroxyl groups excluding tert-OH is 1. The van der Waals surface area contributed by atoms with Crippen molar-refractivity contribution in [1.29, 1.82) is 0 Å². The summed E-state index contributed by atoms with van der Waals surface area (Å²) < 4.78 is 80.8. The van der Waals surface area contributed by atoms with Gasteiger partial charge in [0.05, 0.1) is 12.3 Å². The minimum Gasteiger partial charge on any atom is -0.426 e. The van der Waals surface area contributed by atoms with E-state index < -0.39 is 30.8 Å². The third-order valence-electron chi connectivity index (χ3n) is 3.86. The molecule has 3 aromatic rings. The summed E-state index contributed by atoms with van der Waals surface area (Å²) in [5, 5.41) is 13.0. The fourth-order valence-electron chi connectivity index (χ4n) is 2.34. The highest BCUT2D eigenvalue weighted by molar-refractivity contribution is 5.55. The Kier molecular flexibility index (Phi) is 5.51. The summed E-state index contributed by atoms with van der Waals surface area (Å²) >= 11 is 0. The van der Waals surface area contributed by atoms with Crippen molar-refractivity contribution in [3.63, 3.8) is 0 Å². The van der Waals surface area contributed by atoms with Gasteiger partial charge in [-0.1, -0.05) is 24.3 Å². The van der Waals surface area contributed by atoms with Crippen LogP contribution in [0.1, 0.15) is 11.7 Å². The van der Waals surface area contributed by atoms with Gasteiger partial charge in [0.2, 0.25) is 0 Å². The van der Waals surface area contributed by atoms with Crippen LogP contribution < -0.4 is 4.74 Å². The summed E-state index contributed by atoms with van der Waals surface area (Å²) in [6.07, 6.45) is -11.3. The summed E-state index contributed by atoms with van der Waals surface area (Å²) in [6, 6.07) is 10.4. The molecule has 11 heteroatoms. The van der Waals surface area contributed by atoms with Crippen LogP contribution in [0.5, 0.6) is 5.75 Å². The van der Waals surface area contributed by atoms with E-state index in [0.717, 1.165) is 12.1 Å². The van der Waals surface area contributed by atoms with Crippen LogP contribution in [-0.2, 0) is 0 Å². The molecule has 29 heavy (non-hydrogen) atoms. The first kappa shape index (κ1) is 20.6. The maximum Gasteiger partial charge on any atom is 0.499 e. The fourth-order valence-corrected chi connectivity index (χ4v) is 2.34. The molecule has 0 aliphatic heterocycles. The summed E-state index contributed by atoms with van der Waals surface area (Å²) in [6.45, 7) is -0.638. The van der Waals surface area contributed by atoms with Crippen molar-refractivity contribution in [2.75, 3.05) is 6.61 Å². The molecule has 1 aromatic heterocycles. The lowest BCUT2D eigenvalue weighted by atomic mass is 10.1. The van der Waals surface area contributed by atoms with Gasteiger partial charge < -0.3 is 9.84 Å². The topological polar surface area (TPSA) is 60.2 Å². The van der Waals surface area contributed by atoms with Gasteiger partial charge in [-0.25, -0.2) is 14.1 Å². The van der Waals surface area contributed by atoms with Gasteiger partial charge >= 0.3 is 12.3 Å². The molecule has 0 saturated carbocycles. The summed E-state index contributed by atoms with van der Waals surface area (Å²) in [5.41, 5.74) is 1.19. The zero-order valence-corrected chi connectivity index (χ0v) is 14.4. The number of hydrogen-bond acceptors (Lipinski definition) is 4. The van der Waals surface area contributed by atoms with Crippen molar-refractivity contribution in [2.45, 2.75) is 18.5 Å². The minimum atomic E-state index is -5.83. The van der Waals surface area contributed by atoms with Gasteiger partial charge in [-0.2, -0.15) is 22.0 Å². The third-order valence-corrected chi connectivity index (χ3v) is 3.86. The van der Waals surface area contributed by atoms with Crippen molar-refractivity contribution in [1.82, 2.24) is 14.8 Å². The van der Waals surface area contributed by atoms with Crippen LogP contribution in [0.3, 0.4) is 0 Å². The molecule has 0 fully saturated rings. The number of ether oxygens (including phenoxy) is 1. The van der Waals surface area contributed by atoms with Crippen LogP contribution in [0.25, 0.3) is 17.1 Å². The van der Waals surface area contributed by atoms with Crippen LogP contribution in [0.15, 0.2) is 54.9 Å². The lowest BCUT2D eigenvalue weighted by molar-refractivity contribution is -0.360. The van der Waals surface area contributed by atoms with Gasteiger partial charge in [-0.15, -0.1) is 5.10 Å². The van der Waals surface area contributed by atoms with Crippen LogP contribution in [0.2, 0.25) is 0 Å². The van der Waals surface area contributed by atoms with Crippen LogP contribution in [0, 0.1) is 0 Å². The number of halogens is 6. The highest BCUT2D eigenvalue weighted by Crippen LogP contribution is 2.37. The van der Waals surface area contributed by atoms with Crippen LogP contribution in [0.4, 0.5) is 26.3 Å². The maximum absolute atomic E-state index is 13.4. The molecule has 1 N–H and O–H groups in total. The standard InChI is InChI=1S/C18H13F6N3O2/c19-15(9-28)11-1-3-12(4-2-11)16-25-10-27(26-16)13-5-7-14(8-6-13)29-18(23,24)17(20,21)22/h1-8,10,15,28H,9H2. The molecular weight excluding hydrogens is 404 g/mol. The zero-order chi connectivity index (χ0) is 21.2. The SMILES string of the molecule is OCC(F)c1ccc(-c2ncn(-c3ccc(OC(F)(F)C(F)(F)F)cc3)n2)cc1. The number of aliphatic hydroxyl groups is 1. The van der Waals surface area contributed by atoms with E-state index in [0.29, 0.717) is 16.8 Å². The van der Waals surface area contributed by atoms with Gasteiger partial charge in [0.1, 0.15) is 18.2 Å². The van der Waals surface area contributed by atoms with E-state index in [2.05, 4.69) is 14.8 Å². The Morgan fingerprint density at radius 3 is 2.14 bits per heavy atom. The molecule has 154 valence electrons. The van der Waals surface area contributed by atoms with E-state index in [4.69, 9.17) is 5.11 Å². The molecule has 0 spiro atoms. The Morgan fingerprint density at radius 1 is 0.966 bits per heavy atom. The fraction of sp³-hybridized carbons (Fsp3) is 0.222. The highest BCUT2D eigenvalue weighted by atomic mass is 19.4. The van der Waals surface area contributed by atoms with Gasteiger partial charge in [-0.05, 0) is 29.8 Å². The molecule has 0 aliphatic rings. The maximum atomic E-state index is 13.4. The second-order valence-electron chi connectivity index (χ2n) is 5.90. The van der Waals surface area contributed by atoms with E-state index >= 15 is 0 Å². The van der Waals surface area contributed by atoms with Gasteiger partial charge in [0.15, 0.2) is 5.82 Å². The van der Waals surface area contributed by atoms with E-state index in [1.54, 1.807) is 12.1 Å². The Labute approximate surface area is 160 Å². The molecule has 0 aliphatic carbocycles. The molecule has 5 nitrogen and oxygen atoms in total. The van der Waals surface area contributed by atoms with Crippen molar-refractivity contribution in [3.8, 4) is 22.8 Å². The van der Waals surface area contributed by atoms with Gasteiger partial charge in [-0.3, -0.25) is 0 Å². The van der Waals surface area contributed by atoms with Crippen molar-refractivity contribution in [3.05, 3.63) is 60.4 Å². The second kappa shape index (κ2) is 7.74. The van der Waals surface area contributed by atoms with Gasteiger partial charge in [0, 0.05) is 5.56 Å². The van der Waals surface area contributed by atoms with Crippen LogP contribution >= 0.6 is 0 Å². The third kappa shape index (κ3) is 4.50. The molecule has 1 heterocycles. The number of benzene rings is 2. The molecule has 1 unspecified atom stereocenters. The summed E-state index contributed by atoms with van der Waals surface area (Å²) in [7, 11) is 0. The molecule has 0 amide bonds. The Bertz CT molecular complexity index is 955. The Morgan fingerprint density at radius 2 is 1.59 bits per heavy atom. The molecule has 0 bridgehead atoms. The number of alkyl halides is 6. The van der Waals surface area contributed by atoms with E-state index in [-0.39, 0.29) is 5.82 Å². The average molecular weight is 417 g/mol. The monoisotopic (exact) mass is 417 g/mol. The van der Waals surface area contributed by atoms with E-state index in [9.17, 15) is 26.3 Å². The zero-order valence-electron chi connectivity index (χ0n) is 14.4. The van der Waals surface area contributed by atoms with Crippen molar-refractivity contribution >= 4 is 0 Å². The molecule has 0 saturated heterocycles. The average Bonchev–Trinajstić information content (AvgIpc) is 3.17. The number of aromatic nitrogens is 3. The summed E-state index contributed by atoms with van der Waals surface area (Å²) in [5.74, 6) is -0.392. The molecule has 2 aromatic carbocycles. The predicted octanol–water partition coefficient (Wildman–Crippen LogP) is 4.47.